The number of nitrogens with zero attached hydrogens (tertiary/aromatic N) is 2. The number of rotatable bonds is 6. The van der Waals surface area contributed by atoms with Crippen molar-refractivity contribution in [2.75, 3.05) is 10.6 Å². The lowest BCUT2D eigenvalue weighted by Gasteiger charge is -2.14. The molecule has 0 atom stereocenters. The van der Waals surface area contributed by atoms with Crippen molar-refractivity contribution < 1.29 is 9.59 Å². The number of carbonyl (C=O) groups is 2. The molecular formula is C26H21ClN4O2. The van der Waals surface area contributed by atoms with Gasteiger partial charge in [-0.1, -0.05) is 54.1 Å². The molecule has 0 aliphatic rings. The number of para-hydroxylation sites is 1. The molecule has 1 heterocycles. The van der Waals surface area contributed by atoms with Gasteiger partial charge < -0.3 is 10.6 Å². The zero-order chi connectivity index (χ0) is 23.4. The van der Waals surface area contributed by atoms with E-state index in [0.29, 0.717) is 39.0 Å². The number of ketones is 1. The van der Waals surface area contributed by atoms with E-state index in [0.717, 1.165) is 11.4 Å². The summed E-state index contributed by atoms with van der Waals surface area (Å²) in [5, 5.41) is 6.38. The molecule has 1 aromatic heterocycles. The fourth-order valence-corrected chi connectivity index (χ4v) is 3.61. The van der Waals surface area contributed by atoms with Gasteiger partial charge in [0, 0.05) is 27.5 Å². The lowest BCUT2D eigenvalue weighted by atomic mass is 10.0. The van der Waals surface area contributed by atoms with Crippen LogP contribution >= 0.6 is 11.6 Å². The Bertz CT molecular complexity index is 1320. The van der Waals surface area contributed by atoms with Gasteiger partial charge in [0.1, 0.15) is 0 Å². The summed E-state index contributed by atoms with van der Waals surface area (Å²) in [6.45, 7) is 3.76. The van der Waals surface area contributed by atoms with Crippen molar-refractivity contribution >= 4 is 40.6 Å². The van der Waals surface area contributed by atoms with Crippen LogP contribution < -0.4 is 10.6 Å². The van der Waals surface area contributed by atoms with E-state index in [2.05, 4.69) is 20.6 Å². The zero-order valence-corrected chi connectivity index (χ0v) is 18.9. The van der Waals surface area contributed by atoms with E-state index in [1.165, 1.54) is 0 Å². The van der Waals surface area contributed by atoms with Crippen molar-refractivity contribution in [2.24, 2.45) is 0 Å². The van der Waals surface area contributed by atoms with Crippen LogP contribution in [0.5, 0.6) is 0 Å². The monoisotopic (exact) mass is 456 g/mol. The SMILES string of the molecule is Cc1cc(C)nc(Nc2ccccc2C(=O)Nc2ccc(Cl)cc2C(=O)c2ccccc2)n1. The molecule has 0 radical (unpaired) electrons. The van der Waals surface area contributed by atoms with Crippen molar-refractivity contribution in [2.45, 2.75) is 13.8 Å². The van der Waals surface area contributed by atoms with Gasteiger partial charge in [-0.15, -0.1) is 0 Å². The Morgan fingerprint density at radius 3 is 2.15 bits per heavy atom. The van der Waals surface area contributed by atoms with E-state index in [4.69, 9.17) is 11.6 Å². The number of benzene rings is 3. The molecule has 0 bridgehead atoms. The average molecular weight is 457 g/mol. The summed E-state index contributed by atoms with van der Waals surface area (Å²) in [6.07, 6.45) is 0. The molecular weight excluding hydrogens is 436 g/mol. The quantitative estimate of drug-likeness (QED) is 0.349. The molecule has 6 nitrogen and oxygen atoms in total. The number of nitrogens with one attached hydrogen (secondary N) is 2. The number of carbonyl (C=O) groups excluding carboxylic acids is 2. The fraction of sp³-hybridized carbons (Fsp3) is 0.0769. The predicted molar refractivity (Wildman–Crippen MR) is 131 cm³/mol. The Kier molecular flexibility index (Phi) is 6.47. The molecule has 0 spiro atoms. The van der Waals surface area contributed by atoms with Crippen molar-refractivity contribution in [1.29, 1.82) is 0 Å². The van der Waals surface area contributed by atoms with Crippen molar-refractivity contribution in [3.8, 4) is 0 Å². The Hall–Kier alpha value is -4.03. The van der Waals surface area contributed by atoms with Crippen LogP contribution in [0.4, 0.5) is 17.3 Å². The topological polar surface area (TPSA) is 84.0 Å². The number of amides is 1. The molecule has 2 N–H and O–H groups in total. The van der Waals surface area contributed by atoms with Crippen molar-refractivity contribution in [3.05, 3.63) is 112 Å². The van der Waals surface area contributed by atoms with Gasteiger partial charge in [-0.25, -0.2) is 9.97 Å². The second-order valence-electron chi connectivity index (χ2n) is 7.48. The first kappa shape index (κ1) is 22.2. The summed E-state index contributed by atoms with van der Waals surface area (Å²) in [5.74, 6) is -0.213. The summed E-state index contributed by atoms with van der Waals surface area (Å²) in [6, 6.07) is 22.6. The van der Waals surface area contributed by atoms with Crippen LogP contribution in [0.15, 0.2) is 78.9 Å². The fourth-order valence-electron chi connectivity index (χ4n) is 3.44. The molecule has 33 heavy (non-hydrogen) atoms. The first-order valence-electron chi connectivity index (χ1n) is 10.3. The lowest BCUT2D eigenvalue weighted by Crippen LogP contribution is -2.17. The van der Waals surface area contributed by atoms with E-state index >= 15 is 0 Å². The zero-order valence-electron chi connectivity index (χ0n) is 18.1. The summed E-state index contributed by atoms with van der Waals surface area (Å²) < 4.78 is 0. The predicted octanol–water partition coefficient (Wildman–Crippen LogP) is 5.97. The number of aryl methyl sites for hydroxylation is 2. The molecule has 3 aromatic carbocycles. The number of halogens is 1. The Morgan fingerprint density at radius 1 is 0.758 bits per heavy atom. The van der Waals surface area contributed by atoms with Crippen LogP contribution in [0.25, 0.3) is 0 Å². The maximum Gasteiger partial charge on any atom is 0.257 e. The highest BCUT2D eigenvalue weighted by molar-refractivity contribution is 6.31. The van der Waals surface area contributed by atoms with Gasteiger partial charge in [0.25, 0.3) is 5.91 Å². The molecule has 0 unspecified atom stereocenters. The summed E-state index contributed by atoms with van der Waals surface area (Å²) in [5.41, 5.74) is 3.75. The van der Waals surface area contributed by atoms with Crippen LogP contribution in [0, 0.1) is 13.8 Å². The Morgan fingerprint density at radius 2 is 1.42 bits per heavy atom. The third-order valence-corrected chi connectivity index (χ3v) is 5.15. The van der Waals surface area contributed by atoms with E-state index in [-0.39, 0.29) is 11.7 Å². The third-order valence-electron chi connectivity index (χ3n) is 4.91. The van der Waals surface area contributed by atoms with E-state index in [9.17, 15) is 9.59 Å². The summed E-state index contributed by atoms with van der Waals surface area (Å²) >= 11 is 6.15. The minimum atomic E-state index is -0.382. The first-order valence-corrected chi connectivity index (χ1v) is 10.7. The molecule has 164 valence electrons. The molecule has 7 heteroatoms. The van der Waals surface area contributed by atoms with Gasteiger partial charge in [-0.3, -0.25) is 9.59 Å². The van der Waals surface area contributed by atoms with Crippen molar-refractivity contribution in [1.82, 2.24) is 9.97 Å². The highest BCUT2D eigenvalue weighted by Crippen LogP contribution is 2.26. The van der Waals surface area contributed by atoms with E-state index in [1.54, 1.807) is 60.7 Å². The Balaban J connectivity index is 1.64. The van der Waals surface area contributed by atoms with Crippen LogP contribution in [0.3, 0.4) is 0 Å². The summed E-state index contributed by atoms with van der Waals surface area (Å²) in [4.78, 5) is 35.1. The maximum absolute atomic E-state index is 13.2. The van der Waals surface area contributed by atoms with Gasteiger partial charge >= 0.3 is 0 Å². The molecule has 0 fully saturated rings. The molecule has 0 aliphatic carbocycles. The second-order valence-corrected chi connectivity index (χ2v) is 7.92. The van der Waals surface area contributed by atoms with E-state index < -0.39 is 0 Å². The first-order chi connectivity index (χ1) is 15.9. The minimum Gasteiger partial charge on any atom is -0.323 e. The van der Waals surface area contributed by atoms with Crippen LogP contribution in [0.1, 0.15) is 37.7 Å². The van der Waals surface area contributed by atoms with Crippen LogP contribution in [-0.2, 0) is 0 Å². The van der Waals surface area contributed by atoms with Gasteiger partial charge in [0.05, 0.1) is 16.9 Å². The highest BCUT2D eigenvalue weighted by atomic mass is 35.5. The number of aromatic nitrogens is 2. The molecule has 1 amide bonds. The van der Waals surface area contributed by atoms with Gasteiger partial charge in [0.2, 0.25) is 5.95 Å². The summed E-state index contributed by atoms with van der Waals surface area (Å²) in [7, 11) is 0. The molecule has 4 aromatic rings. The molecule has 0 saturated carbocycles. The molecule has 0 aliphatic heterocycles. The van der Waals surface area contributed by atoms with Gasteiger partial charge in [-0.05, 0) is 50.2 Å². The smallest absolute Gasteiger partial charge is 0.257 e. The maximum atomic E-state index is 13.2. The number of hydrogen-bond acceptors (Lipinski definition) is 5. The van der Waals surface area contributed by atoms with Crippen LogP contribution in [-0.4, -0.2) is 21.7 Å². The minimum absolute atomic E-state index is 0.233. The number of hydrogen-bond donors (Lipinski definition) is 2. The molecule has 4 rings (SSSR count). The number of anilines is 3. The van der Waals surface area contributed by atoms with Crippen molar-refractivity contribution in [3.63, 3.8) is 0 Å². The highest BCUT2D eigenvalue weighted by Gasteiger charge is 2.18. The third kappa shape index (κ3) is 5.25. The lowest BCUT2D eigenvalue weighted by molar-refractivity contribution is 0.102. The average Bonchev–Trinajstić information content (AvgIpc) is 2.80. The van der Waals surface area contributed by atoms with Gasteiger partial charge in [0.15, 0.2) is 5.78 Å². The van der Waals surface area contributed by atoms with Crippen LogP contribution in [0.2, 0.25) is 5.02 Å². The normalized spacial score (nSPS) is 10.5. The second kappa shape index (κ2) is 9.63. The van der Waals surface area contributed by atoms with E-state index in [1.807, 2.05) is 32.0 Å². The Labute approximate surface area is 196 Å². The van der Waals surface area contributed by atoms with Gasteiger partial charge in [-0.2, -0.15) is 0 Å². The molecule has 0 saturated heterocycles. The standard InChI is InChI=1S/C26H21ClN4O2/c1-16-14-17(2)29-26(28-16)31-22-11-7-6-10-20(22)25(33)30-23-13-12-19(27)15-21(23)24(32)18-8-4-3-5-9-18/h3-15H,1-2H3,(H,30,33)(H,28,29,31). The largest absolute Gasteiger partial charge is 0.323 e.